The normalized spacial score (nSPS) is 33.5. The minimum absolute atomic E-state index is 0.0790. The van der Waals surface area contributed by atoms with Gasteiger partial charge < -0.3 is 14.5 Å². The Hall–Kier alpha value is -1.59. The highest BCUT2D eigenvalue weighted by Crippen LogP contribution is 2.29. The van der Waals surface area contributed by atoms with Crippen molar-refractivity contribution in [3.8, 4) is 0 Å². The van der Waals surface area contributed by atoms with Crippen LogP contribution in [0.25, 0.3) is 0 Å². The van der Waals surface area contributed by atoms with Crippen LogP contribution in [0.1, 0.15) is 39.5 Å². The lowest BCUT2D eigenvalue weighted by molar-refractivity contribution is -0.165. The van der Waals surface area contributed by atoms with E-state index in [9.17, 15) is 14.4 Å². The van der Waals surface area contributed by atoms with Gasteiger partial charge in [0.05, 0.1) is 0 Å². The first kappa shape index (κ1) is 14.4. The van der Waals surface area contributed by atoms with E-state index in [2.05, 4.69) is 0 Å². The lowest BCUT2D eigenvalue weighted by Crippen LogP contribution is -2.50. The smallest absolute Gasteiger partial charge is 0.329 e. The predicted molar refractivity (Wildman–Crippen MR) is 74.2 cm³/mol. The van der Waals surface area contributed by atoms with Crippen molar-refractivity contribution in [2.24, 2.45) is 5.92 Å². The third-order valence-corrected chi connectivity index (χ3v) is 4.72. The number of carbonyl (C=O) groups excluding carboxylic acids is 3. The molecule has 116 valence electrons. The van der Waals surface area contributed by atoms with Crippen molar-refractivity contribution in [3.05, 3.63) is 0 Å². The van der Waals surface area contributed by atoms with Crippen LogP contribution >= 0.6 is 0 Å². The van der Waals surface area contributed by atoms with E-state index >= 15 is 0 Å². The third-order valence-electron chi connectivity index (χ3n) is 4.72. The topological polar surface area (TPSA) is 66.9 Å². The molecule has 3 heterocycles. The Morgan fingerprint density at radius 2 is 1.52 bits per heavy atom. The van der Waals surface area contributed by atoms with Gasteiger partial charge in [-0.15, -0.1) is 0 Å². The number of esters is 1. The zero-order valence-corrected chi connectivity index (χ0v) is 12.6. The van der Waals surface area contributed by atoms with Crippen molar-refractivity contribution < 1.29 is 19.1 Å². The minimum Gasteiger partial charge on any atom is -0.450 e. The number of rotatable bonds is 1. The van der Waals surface area contributed by atoms with Gasteiger partial charge in [-0.05, 0) is 31.6 Å². The summed E-state index contributed by atoms with van der Waals surface area (Å²) in [5.41, 5.74) is 0. The van der Waals surface area contributed by atoms with Gasteiger partial charge in [-0.3, -0.25) is 9.59 Å². The van der Waals surface area contributed by atoms with Crippen LogP contribution in [-0.4, -0.2) is 58.9 Å². The highest BCUT2D eigenvalue weighted by molar-refractivity contribution is 5.95. The predicted octanol–water partition coefficient (Wildman–Crippen LogP) is 0.550. The molecule has 0 aromatic heterocycles. The largest absolute Gasteiger partial charge is 0.450 e. The molecule has 0 aromatic carbocycles. The molecular weight excluding hydrogens is 272 g/mol. The maximum atomic E-state index is 12.7. The first-order chi connectivity index (χ1) is 10.0. The zero-order valence-electron chi connectivity index (χ0n) is 12.6. The zero-order chi connectivity index (χ0) is 15.1. The van der Waals surface area contributed by atoms with Crippen molar-refractivity contribution in [2.45, 2.75) is 57.7 Å². The number of hydrogen-bond acceptors (Lipinski definition) is 4. The molecule has 6 heteroatoms. The maximum absolute atomic E-state index is 12.7. The van der Waals surface area contributed by atoms with Crippen molar-refractivity contribution in [1.82, 2.24) is 9.80 Å². The molecule has 0 radical (unpaired) electrons. The number of cyclic esters (lactones) is 1. The van der Waals surface area contributed by atoms with Crippen molar-refractivity contribution >= 4 is 17.8 Å². The van der Waals surface area contributed by atoms with E-state index in [1.54, 1.807) is 9.80 Å². The van der Waals surface area contributed by atoms with E-state index in [0.717, 1.165) is 12.8 Å². The average molecular weight is 294 g/mol. The second-order valence-electron chi connectivity index (χ2n) is 6.48. The van der Waals surface area contributed by atoms with Crippen molar-refractivity contribution in [1.29, 1.82) is 0 Å². The summed E-state index contributed by atoms with van der Waals surface area (Å²) in [6.07, 6.45) is 2.20. The molecule has 3 unspecified atom stereocenters. The van der Waals surface area contributed by atoms with E-state index in [1.165, 1.54) is 0 Å². The fraction of sp³-hybridized carbons (Fsp3) is 0.800. The quantitative estimate of drug-likeness (QED) is 0.662. The summed E-state index contributed by atoms with van der Waals surface area (Å²) in [5, 5.41) is 0. The lowest BCUT2D eigenvalue weighted by atomic mass is 10.1. The monoisotopic (exact) mass is 294 g/mol. The molecule has 3 rings (SSSR count). The Balaban J connectivity index is 1.98. The molecule has 0 bridgehead atoms. The van der Waals surface area contributed by atoms with Crippen LogP contribution < -0.4 is 0 Å². The molecule has 0 aliphatic carbocycles. The Morgan fingerprint density at radius 3 is 2.14 bits per heavy atom. The summed E-state index contributed by atoms with van der Waals surface area (Å²) in [6, 6.07) is -0.916. The Kier molecular flexibility index (Phi) is 3.63. The van der Waals surface area contributed by atoms with Crippen LogP contribution in [0.5, 0.6) is 0 Å². The number of fused-ring (bicyclic) bond motifs is 2. The molecule has 0 N–H and O–H groups in total. The first-order valence-electron chi connectivity index (χ1n) is 7.82. The standard InChI is InChI=1S/C15H22N2O4/c1-9(2)12-14(19)16-7-3-5-10(16)13(18)17-8-4-6-11(17)15(20)21-12/h9-12H,3-8H2,1-2H3. The summed E-state index contributed by atoms with van der Waals surface area (Å²) >= 11 is 0. The third kappa shape index (κ3) is 2.30. The number of amides is 2. The fourth-order valence-corrected chi connectivity index (χ4v) is 3.59. The van der Waals surface area contributed by atoms with Gasteiger partial charge in [0.2, 0.25) is 5.91 Å². The van der Waals surface area contributed by atoms with Crippen molar-refractivity contribution in [2.75, 3.05) is 13.1 Å². The number of ether oxygens (including phenoxy) is 1. The van der Waals surface area contributed by atoms with E-state index < -0.39 is 24.2 Å². The van der Waals surface area contributed by atoms with Gasteiger partial charge in [0, 0.05) is 13.1 Å². The van der Waals surface area contributed by atoms with Gasteiger partial charge in [0.15, 0.2) is 6.10 Å². The SMILES string of the molecule is CC(C)C1OC(=O)C2CCCN2C(=O)C2CCCN2C1=O. The van der Waals surface area contributed by atoms with E-state index in [1.807, 2.05) is 13.8 Å². The molecule has 3 saturated heterocycles. The summed E-state index contributed by atoms with van der Waals surface area (Å²) in [4.78, 5) is 41.0. The average Bonchev–Trinajstić information content (AvgIpc) is 3.09. The van der Waals surface area contributed by atoms with E-state index in [-0.39, 0.29) is 17.7 Å². The molecule has 21 heavy (non-hydrogen) atoms. The molecule has 0 spiro atoms. The number of carbonyl (C=O) groups is 3. The Morgan fingerprint density at radius 1 is 0.952 bits per heavy atom. The van der Waals surface area contributed by atoms with Gasteiger partial charge in [0.1, 0.15) is 12.1 Å². The van der Waals surface area contributed by atoms with E-state index in [4.69, 9.17) is 4.74 Å². The van der Waals surface area contributed by atoms with Crippen LogP contribution in [0.3, 0.4) is 0 Å². The molecular formula is C15H22N2O4. The van der Waals surface area contributed by atoms with Gasteiger partial charge in [0.25, 0.3) is 5.91 Å². The lowest BCUT2D eigenvalue weighted by Gasteiger charge is -2.29. The molecule has 0 aromatic rings. The fourth-order valence-electron chi connectivity index (χ4n) is 3.59. The Labute approximate surface area is 124 Å². The highest BCUT2D eigenvalue weighted by Gasteiger charge is 2.47. The second-order valence-corrected chi connectivity index (χ2v) is 6.48. The van der Waals surface area contributed by atoms with Crippen molar-refractivity contribution in [3.63, 3.8) is 0 Å². The van der Waals surface area contributed by atoms with Crippen LogP contribution in [0.4, 0.5) is 0 Å². The maximum Gasteiger partial charge on any atom is 0.329 e. The minimum atomic E-state index is -0.772. The number of hydrogen-bond donors (Lipinski definition) is 0. The summed E-state index contributed by atoms with van der Waals surface area (Å²) < 4.78 is 5.49. The summed E-state index contributed by atoms with van der Waals surface area (Å²) in [6.45, 7) is 4.90. The molecule has 3 aliphatic rings. The van der Waals surface area contributed by atoms with Gasteiger partial charge in [-0.25, -0.2) is 4.79 Å². The van der Waals surface area contributed by atoms with Crippen LogP contribution in [0, 0.1) is 5.92 Å². The van der Waals surface area contributed by atoms with Crippen LogP contribution in [-0.2, 0) is 19.1 Å². The Bertz CT molecular complexity index is 468. The summed E-state index contributed by atoms with van der Waals surface area (Å²) in [7, 11) is 0. The molecule has 3 aliphatic heterocycles. The summed E-state index contributed by atoms with van der Waals surface area (Å²) in [5.74, 6) is -0.806. The van der Waals surface area contributed by atoms with Crippen LogP contribution in [0.2, 0.25) is 0 Å². The molecule has 6 nitrogen and oxygen atoms in total. The van der Waals surface area contributed by atoms with Gasteiger partial charge in [-0.2, -0.15) is 0 Å². The molecule has 3 atom stereocenters. The molecule has 3 fully saturated rings. The number of nitrogens with zero attached hydrogens (tertiary/aromatic N) is 2. The molecule has 2 amide bonds. The van der Waals surface area contributed by atoms with E-state index in [0.29, 0.717) is 25.9 Å². The van der Waals surface area contributed by atoms with Gasteiger partial charge in [-0.1, -0.05) is 13.8 Å². The first-order valence-corrected chi connectivity index (χ1v) is 7.82. The highest BCUT2D eigenvalue weighted by atomic mass is 16.6. The molecule has 0 saturated carbocycles. The van der Waals surface area contributed by atoms with Gasteiger partial charge >= 0.3 is 5.97 Å². The second kappa shape index (κ2) is 5.31. The van der Waals surface area contributed by atoms with Crippen LogP contribution in [0.15, 0.2) is 0 Å².